The van der Waals surface area contributed by atoms with Crippen LogP contribution >= 0.6 is 11.3 Å². The Kier molecular flexibility index (Phi) is 5.88. The van der Waals surface area contributed by atoms with Gasteiger partial charge in [0.25, 0.3) is 0 Å². The predicted molar refractivity (Wildman–Crippen MR) is 97.6 cm³/mol. The molecular formula is C19H24N2O2S. The number of methoxy groups -OCH3 is 1. The molecule has 1 aromatic carbocycles. The molecule has 128 valence electrons. The summed E-state index contributed by atoms with van der Waals surface area (Å²) in [5, 5.41) is 5.15. The van der Waals surface area contributed by atoms with Crippen LogP contribution in [0.5, 0.6) is 5.75 Å². The summed E-state index contributed by atoms with van der Waals surface area (Å²) in [6, 6.07) is 12.6. The van der Waals surface area contributed by atoms with Crippen molar-refractivity contribution in [2.75, 3.05) is 26.7 Å². The average molecular weight is 344 g/mol. The van der Waals surface area contributed by atoms with E-state index in [0.29, 0.717) is 19.1 Å². The van der Waals surface area contributed by atoms with Crippen LogP contribution in [0.3, 0.4) is 0 Å². The largest absolute Gasteiger partial charge is 0.496 e. The number of rotatable bonds is 7. The topological polar surface area (TPSA) is 41.6 Å². The number of para-hydroxylation sites is 1. The molecule has 0 spiro atoms. The molecule has 1 aromatic heterocycles. The fourth-order valence-corrected chi connectivity index (χ4v) is 4.20. The molecule has 0 saturated carbocycles. The van der Waals surface area contributed by atoms with E-state index >= 15 is 0 Å². The molecule has 0 bridgehead atoms. The number of benzene rings is 1. The number of carbonyl (C=O) groups is 1. The Bertz CT molecular complexity index is 657. The highest BCUT2D eigenvalue weighted by Gasteiger charge is 2.27. The molecule has 1 saturated heterocycles. The fourth-order valence-electron chi connectivity index (χ4n) is 3.30. The van der Waals surface area contributed by atoms with Crippen molar-refractivity contribution >= 4 is 17.2 Å². The highest BCUT2D eigenvalue weighted by Crippen LogP contribution is 2.33. The van der Waals surface area contributed by atoms with E-state index < -0.39 is 0 Å². The summed E-state index contributed by atoms with van der Waals surface area (Å²) < 4.78 is 5.35. The highest BCUT2D eigenvalue weighted by molar-refractivity contribution is 7.10. The minimum Gasteiger partial charge on any atom is -0.496 e. The molecule has 1 aliphatic heterocycles. The van der Waals surface area contributed by atoms with E-state index in [9.17, 15) is 4.79 Å². The molecule has 0 radical (unpaired) electrons. The molecule has 1 N–H and O–H groups in total. The number of thiophene rings is 1. The van der Waals surface area contributed by atoms with Crippen molar-refractivity contribution in [1.82, 2.24) is 10.2 Å². The molecule has 1 amide bonds. The van der Waals surface area contributed by atoms with Crippen LogP contribution in [-0.4, -0.2) is 37.6 Å². The third-order valence-electron chi connectivity index (χ3n) is 4.49. The van der Waals surface area contributed by atoms with E-state index in [1.807, 2.05) is 24.3 Å². The van der Waals surface area contributed by atoms with Crippen LogP contribution < -0.4 is 10.1 Å². The van der Waals surface area contributed by atoms with Crippen LogP contribution in [0.1, 0.15) is 29.3 Å². The summed E-state index contributed by atoms with van der Waals surface area (Å²) in [5.41, 5.74) is 1.12. The Balaban J connectivity index is 1.47. The molecule has 0 aliphatic carbocycles. The quantitative estimate of drug-likeness (QED) is 0.838. The lowest BCUT2D eigenvalue weighted by molar-refractivity contribution is -0.122. The summed E-state index contributed by atoms with van der Waals surface area (Å²) in [6.45, 7) is 2.12. The van der Waals surface area contributed by atoms with E-state index in [4.69, 9.17) is 4.74 Å². The number of carbonyl (C=O) groups excluding carboxylic acids is 1. The molecule has 3 rings (SSSR count). The van der Waals surface area contributed by atoms with E-state index in [1.54, 1.807) is 18.4 Å². The van der Waals surface area contributed by atoms with Crippen molar-refractivity contribution < 1.29 is 9.53 Å². The number of likely N-dealkylation sites (tertiary alicyclic amines) is 1. The van der Waals surface area contributed by atoms with Gasteiger partial charge in [0.15, 0.2) is 0 Å². The maximum Gasteiger partial charge on any atom is 0.234 e. The zero-order valence-corrected chi connectivity index (χ0v) is 14.8. The van der Waals surface area contributed by atoms with Crippen LogP contribution in [0.4, 0.5) is 0 Å². The van der Waals surface area contributed by atoms with Crippen molar-refractivity contribution in [1.29, 1.82) is 0 Å². The molecule has 0 unspecified atom stereocenters. The SMILES string of the molecule is COc1ccccc1CCNC(=O)CN1CCC[C@@H]1c1cccs1. The standard InChI is InChI=1S/C19H24N2O2S/c1-23-17-8-3-2-6-15(17)10-11-20-19(22)14-21-12-4-7-16(21)18-9-5-13-24-18/h2-3,5-6,8-9,13,16H,4,7,10-12,14H2,1H3,(H,20,22)/t16-/m1/s1. The molecule has 1 atom stereocenters. The molecule has 24 heavy (non-hydrogen) atoms. The van der Waals surface area contributed by atoms with Gasteiger partial charge in [0, 0.05) is 17.5 Å². The van der Waals surface area contributed by atoms with Crippen molar-refractivity contribution in [3.63, 3.8) is 0 Å². The first-order valence-corrected chi connectivity index (χ1v) is 9.32. The Labute approximate surface area is 147 Å². The van der Waals surface area contributed by atoms with Gasteiger partial charge in [0.1, 0.15) is 5.75 Å². The van der Waals surface area contributed by atoms with E-state index in [1.165, 1.54) is 4.88 Å². The van der Waals surface area contributed by atoms with Gasteiger partial charge in [-0.2, -0.15) is 0 Å². The Morgan fingerprint density at radius 3 is 3.00 bits per heavy atom. The number of amides is 1. The van der Waals surface area contributed by atoms with Gasteiger partial charge in [-0.1, -0.05) is 24.3 Å². The lowest BCUT2D eigenvalue weighted by atomic mass is 10.1. The van der Waals surface area contributed by atoms with Crippen molar-refractivity contribution in [3.8, 4) is 5.75 Å². The van der Waals surface area contributed by atoms with Crippen LogP contribution in [0.15, 0.2) is 41.8 Å². The average Bonchev–Trinajstić information content (AvgIpc) is 3.26. The molecule has 4 nitrogen and oxygen atoms in total. The monoisotopic (exact) mass is 344 g/mol. The van der Waals surface area contributed by atoms with Crippen molar-refractivity contribution in [3.05, 3.63) is 52.2 Å². The second-order valence-electron chi connectivity index (χ2n) is 6.06. The van der Waals surface area contributed by atoms with E-state index in [0.717, 1.165) is 37.1 Å². The summed E-state index contributed by atoms with van der Waals surface area (Å²) in [6.07, 6.45) is 3.09. The number of ether oxygens (including phenoxy) is 1. The molecule has 1 fully saturated rings. The third-order valence-corrected chi connectivity index (χ3v) is 5.46. The number of hydrogen-bond acceptors (Lipinski definition) is 4. The lowest BCUT2D eigenvalue weighted by Crippen LogP contribution is -2.37. The van der Waals surface area contributed by atoms with Gasteiger partial charge in [-0.15, -0.1) is 11.3 Å². The molecule has 1 aliphatic rings. The number of hydrogen-bond donors (Lipinski definition) is 1. The Morgan fingerprint density at radius 2 is 2.21 bits per heavy atom. The zero-order chi connectivity index (χ0) is 16.8. The van der Waals surface area contributed by atoms with Gasteiger partial charge in [0.05, 0.1) is 13.7 Å². The highest BCUT2D eigenvalue weighted by atomic mass is 32.1. The second kappa shape index (κ2) is 8.31. The summed E-state index contributed by atoms with van der Waals surface area (Å²) in [7, 11) is 1.68. The number of nitrogens with zero attached hydrogens (tertiary/aromatic N) is 1. The molecule has 5 heteroatoms. The third kappa shape index (κ3) is 4.16. The second-order valence-corrected chi connectivity index (χ2v) is 7.03. The van der Waals surface area contributed by atoms with Crippen LogP contribution in [0.25, 0.3) is 0 Å². The maximum atomic E-state index is 12.3. The molecule has 2 heterocycles. The Hall–Kier alpha value is -1.85. The fraction of sp³-hybridized carbons (Fsp3) is 0.421. The summed E-state index contributed by atoms with van der Waals surface area (Å²) in [4.78, 5) is 15.9. The smallest absolute Gasteiger partial charge is 0.234 e. The minimum atomic E-state index is 0.105. The van der Waals surface area contributed by atoms with Gasteiger partial charge >= 0.3 is 0 Å². The van der Waals surface area contributed by atoms with Crippen molar-refractivity contribution in [2.45, 2.75) is 25.3 Å². The minimum absolute atomic E-state index is 0.105. The van der Waals surface area contributed by atoms with Gasteiger partial charge in [-0.3, -0.25) is 9.69 Å². The van der Waals surface area contributed by atoms with E-state index in [2.05, 4.69) is 27.7 Å². The Morgan fingerprint density at radius 1 is 1.33 bits per heavy atom. The van der Waals surface area contributed by atoms with Crippen LogP contribution in [0, 0.1) is 0 Å². The zero-order valence-electron chi connectivity index (χ0n) is 14.0. The summed E-state index contributed by atoms with van der Waals surface area (Å²) >= 11 is 1.78. The normalized spacial score (nSPS) is 17.8. The van der Waals surface area contributed by atoms with E-state index in [-0.39, 0.29) is 5.91 Å². The van der Waals surface area contributed by atoms with Gasteiger partial charge in [-0.05, 0) is 48.9 Å². The lowest BCUT2D eigenvalue weighted by Gasteiger charge is -2.22. The predicted octanol–water partition coefficient (Wildman–Crippen LogP) is 3.25. The van der Waals surface area contributed by atoms with Crippen molar-refractivity contribution in [2.24, 2.45) is 0 Å². The summed E-state index contributed by atoms with van der Waals surface area (Å²) in [5.74, 6) is 0.984. The van der Waals surface area contributed by atoms with Crippen LogP contribution in [-0.2, 0) is 11.2 Å². The first-order chi connectivity index (χ1) is 11.8. The first kappa shape index (κ1) is 17.0. The van der Waals surface area contributed by atoms with Gasteiger partial charge in [-0.25, -0.2) is 0 Å². The first-order valence-electron chi connectivity index (χ1n) is 8.44. The molecule has 2 aromatic rings. The molecular weight excluding hydrogens is 320 g/mol. The van der Waals surface area contributed by atoms with Crippen LogP contribution in [0.2, 0.25) is 0 Å². The number of nitrogens with one attached hydrogen (secondary N) is 1. The van der Waals surface area contributed by atoms with Gasteiger partial charge in [0.2, 0.25) is 5.91 Å². The van der Waals surface area contributed by atoms with Gasteiger partial charge < -0.3 is 10.1 Å². The maximum absolute atomic E-state index is 12.3.